The molecule has 2 aliphatic heterocycles. The Balaban J connectivity index is 1.77. The van der Waals surface area contributed by atoms with Gasteiger partial charge in [-0.15, -0.1) is 0 Å². The highest BCUT2D eigenvalue weighted by Crippen LogP contribution is 2.29. The molecule has 0 aromatic heterocycles. The molecule has 3 rings (SSSR count). The van der Waals surface area contributed by atoms with Crippen LogP contribution in [-0.2, 0) is 9.53 Å². The van der Waals surface area contributed by atoms with Gasteiger partial charge in [0, 0.05) is 19.4 Å². The summed E-state index contributed by atoms with van der Waals surface area (Å²) < 4.78 is 5.48. The summed E-state index contributed by atoms with van der Waals surface area (Å²) in [5, 5.41) is 6.12. The molecule has 1 spiro atoms. The van der Waals surface area contributed by atoms with Gasteiger partial charge in [-0.3, -0.25) is 10.1 Å². The highest BCUT2D eigenvalue weighted by atomic mass is 16.5. The van der Waals surface area contributed by atoms with Gasteiger partial charge in [0.2, 0.25) is 0 Å². The van der Waals surface area contributed by atoms with Crippen LogP contribution in [0.15, 0.2) is 4.99 Å². The monoisotopic (exact) mass is 223 g/mol. The topological polar surface area (TPSA) is 62.7 Å². The molecule has 2 heterocycles. The third-order valence-corrected chi connectivity index (χ3v) is 3.45. The van der Waals surface area contributed by atoms with Crippen molar-refractivity contribution in [1.29, 1.82) is 0 Å². The number of nitrogens with one attached hydrogen (secondary N) is 2. The van der Waals surface area contributed by atoms with Crippen LogP contribution in [0.2, 0.25) is 0 Å². The smallest absolute Gasteiger partial charge is 0.252 e. The van der Waals surface area contributed by atoms with Crippen molar-refractivity contribution in [2.24, 2.45) is 4.99 Å². The number of carbonyl (C=O) groups is 1. The molecular formula is C11H17N3O2. The molecule has 1 amide bonds. The number of amides is 1. The van der Waals surface area contributed by atoms with Crippen LogP contribution >= 0.6 is 0 Å². The molecule has 0 radical (unpaired) electrons. The summed E-state index contributed by atoms with van der Waals surface area (Å²) in [5.41, 5.74) is -0.467. The highest BCUT2D eigenvalue weighted by molar-refractivity contribution is 6.09. The predicted octanol–water partition coefficient (Wildman–Crippen LogP) is 0.162. The van der Waals surface area contributed by atoms with Gasteiger partial charge in [-0.25, -0.2) is 4.99 Å². The lowest BCUT2D eigenvalue weighted by atomic mass is 9.87. The molecule has 0 aromatic carbocycles. The van der Waals surface area contributed by atoms with E-state index in [0.29, 0.717) is 18.6 Å². The number of nitrogens with zero attached hydrogens (tertiary/aromatic N) is 1. The van der Waals surface area contributed by atoms with Crippen LogP contribution in [-0.4, -0.2) is 36.2 Å². The second kappa shape index (κ2) is 3.45. The maximum atomic E-state index is 12.0. The molecule has 5 heteroatoms. The van der Waals surface area contributed by atoms with E-state index in [4.69, 9.17) is 4.74 Å². The summed E-state index contributed by atoms with van der Waals surface area (Å²) in [6.45, 7) is 2.64. The standard InChI is InChI=1S/C11H17N3O2/c1-7-6-11(4-5-16-7)9(15)13-10(14-11)12-8-2-3-8/h7-8H,2-6H2,1H3,(H2,12,13,14,15). The van der Waals surface area contributed by atoms with Crippen LogP contribution in [0, 0.1) is 0 Å². The van der Waals surface area contributed by atoms with Gasteiger partial charge in [0.1, 0.15) is 5.54 Å². The first kappa shape index (κ1) is 10.1. The number of ether oxygens (including phenoxy) is 1. The summed E-state index contributed by atoms with van der Waals surface area (Å²) in [6.07, 6.45) is 3.88. The minimum Gasteiger partial charge on any atom is -0.378 e. The van der Waals surface area contributed by atoms with Crippen molar-refractivity contribution in [2.45, 2.75) is 50.3 Å². The second-order valence-electron chi connectivity index (χ2n) is 5.01. The zero-order chi connectivity index (χ0) is 11.2. The third-order valence-electron chi connectivity index (χ3n) is 3.45. The van der Waals surface area contributed by atoms with E-state index in [9.17, 15) is 4.79 Å². The first-order valence-corrected chi connectivity index (χ1v) is 5.97. The number of carbonyl (C=O) groups excluding carboxylic acids is 1. The summed E-state index contributed by atoms with van der Waals surface area (Å²) in [4.78, 5) is 16.4. The SMILES string of the molecule is CC1CC2(CCO1)NC(=NC1CC1)NC2=O. The van der Waals surface area contributed by atoms with Gasteiger partial charge in [-0.05, 0) is 19.8 Å². The predicted molar refractivity (Wildman–Crippen MR) is 59.1 cm³/mol. The van der Waals surface area contributed by atoms with E-state index in [0.717, 1.165) is 25.7 Å². The zero-order valence-electron chi connectivity index (χ0n) is 9.45. The Morgan fingerprint density at radius 2 is 2.31 bits per heavy atom. The number of guanidine groups is 1. The molecule has 3 aliphatic rings. The first-order chi connectivity index (χ1) is 7.68. The van der Waals surface area contributed by atoms with Crippen LogP contribution in [0.5, 0.6) is 0 Å². The van der Waals surface area contributed by atoms with Gasteiger partial charge in [-0.2, -0.15) is 0 Å². The van der Waals surface area contributed by atoms with Crippen LogP contribution in [0.1, 0.15) is 32.6 Å². The molecule has 2 unspecified atom stereocenters. The fourth-order valence-electron chi connectivity index (χ4n) is 2.40. The van der Waals surface area contributed by atoms with E-state index in [1.165, 1.54) is 0 Å². The van der Waals surface area contributed by atoms with Crippen molar-refractivity contribution in [3.8, 4) is 0 Å². The van der Waals surface area contributed by atoms with E-state index in [1.54, 1.807) is 0 Å². The minimum absolute atomic E-state index is 0.0575. The molecule has 2 saturated heterocycles. The lowest BCUT2D eigenvalue weighted by Crippen LogP contribution is -2.52. The Morgan fingerprint density at radius 3 is 3.00 bits per heavy atom. The van der Waals surface area contributed by atoms with Crippen molar-refractivity contribution in [3.05, 3.63) is 0 Å². The summed E-state index contributed by atoms with van der Waals surface area (Å²) >= 11 is 0. The fraction of sp³-hybridized carbons (Fsp3) is 0.818. The molecular weight excluding hydrogens is 206 g/mol. The summed E-state index contributed by atoms with van der Waals surface area (Å²) in [6, 6.07) is 0.426. The molecule has 2 atom stereocenters. The van der Waals surface area contributed by atoms with Crippen molar-refractivity contribution >= 4 is 11.9 Å². The van der Waals surface area contributed by atoms with E-state index in [-0.39, 0.29) is 12.0 Å². The number of hydrogen-bond acceptors (Lipinski definition) is 3. The number of hydrogen-bond donors (Lipinski definition) is 2. The lowest BCUT2D eigenvalue weighted by molar-refractivity contribution is -0.129. The largest absolute Gasteiger partial charge is 0.378 e. The van der Waals surface area contributed by atoms with E-state index < -0.39 is 5.54 Å². The average Bonchev–Trinajstić information content (AvgIpc) is 2.96. The van der Waals surface area contributed by atoms with Crippen LogP contribution < -0.4 is 10.6 Å². The molecule has 3 fully saturated rings. The molecule has 88 valence electrons. The Morgan fingerprint density at radius 1 is 1.50 bits per heavy atom. The van der Waals surface area contributed by atoms with Gasteiger partial charge in [-0.1, -0.05) is 0 Å². The van der Waals surface area contributed by atoms with Crippen molar-refractivity contribution < 1.29 is 9.53 Å². The Kier molecular flexibility index (Phi) is 2.17. The minimum atomic E-state index is -0.467. The van der Waals surface area contributed by atoms with Crippen molar-refractivity contribution in [2.75, 3.05) is 6.61 Å². The maximum absolute atomic E-state index is 12.0. The van der Waals surface area contributed by atoms with Gasteiger partial charge >= 0.3 is 0 Å². The molecule has 16 heavy (non-hydrogen) atoms. The van der Waals surface area contributed by atoms with E-state index >= 15 is 0 Å². The van der Waals surface area contributed by atoms with E-state index in [2.05, 4.69) is 15.6 Å². The Hall–Kier alpha value is -1.10. The zero-order valence-corrected chi connectivity index (χ0v) is 9.45. The molecule has 1 aliphatic carbocycles. The summed E-state index contributed by atoms with van der Waals surface area (Å²) in [5.74, 6) is 0.726. The van der Waals surface area contributed by atoms with Crippen LogP contribution in [0.25, 0.3) is 0 Å². The Bertz CT molecular complexity index is 351. The van der Waals surface area contributed by atoms with Crippen molar-refractivity contribution in [3.63, 3.8) is 0 Å². The van der Waals surface area contributed by atoms with Gasteiger partial charge < -0.3 is 10.1 Å². The van der Waals surface area contributed by atoms with Gasteiger partial charge in [0.15, 0.2) is 5.96 Å². The Labute approximate surface area is 94.6 Å². The molecule has 2 N–H and O–H groups in total. The van der Waals surface area contributed by atoms with Crippen molar-refractivity contribution in [1.82, 2.24) is 10.6 Å². The second-order valence-corrected chi connectivity index (χ2v) is 5.01. The lowest BCUT2D eigenvalue weighted by Gasteiger charge is -2.34. The molecule has 0 aromatic rings. The first-order valence-electron chi connectivity index (χ1n) is 5.97. The number of aliphatic imine (C=N–C) groups is 1. The summed E-state index contributed by atoms with van der Waals surface area (Å²) in [7, 11) is 0. The number of rotatable bonds is 1. The van der Waals surface area contributed by atoms with Gasteiger partial charge in [0.05, 0.1) is 12.1 Å². The van der Waals surface area contributed by atoms with Crippen LogP contribution in [0.4, 0.5) is 0 Å². The average molecular weight is 223 g/mol. The molecule has 0 bridgehead atoms. The fourth-order valence-corrected chi connectivity index (χ4v) is 2.40. The van der Waals surface area contributed by atoms with Gasteiger partial charge in [0.25, 0.3) is 5.91 Å². The molecule has 5 nitrogen and oxygen atoms in total. The molecule has 1 saturated carbocycles. The third kappa shape index (κ3) is 1.69. The normalized spacial score (nSPS) is 41.2. The van der Waals surface area contributed by atoms with E-state index in [1.807, 2.05) is 6.92 Å². The maximum Gasteiger partial charge on any atom is 0.252 e. The quantitative estimate of drug-likeness (QED) is 0.665. The van der Waals surface area contributed by atoms with Crippen LogP contribution in [0.3, 0.4) is 0 Å². The highest BCUT2D eigenvalue weighted by Gasteiger charge is 2.48.